The molecule has 0 spiro atoms. The Bertz CT molecular complexity index is 333. The van der Waals surface area contributed by atoms with E-state index in [1.54, 1.807) is 0 Å². The van der Waals surface area contributed by atoms with Gasteiger partial charge in [0.05, 0.1) is 0 Å². The van der Waals surface area contributed by atoms with Gasteiger partial charge in [-0.2, -0.15) is 0 Å². The summed E-state index contributed by atoms with van der Waals surface area (Å²) in [5, 5.41) is 3.36. The van der Waals surface area contributed by atoms with Gasteiger partial charge in [-0.05, 0) is 30.5 Å². The SMILES string of the molecule is C=CCc1ccccc1OCCNCC(C)C. The molecule has 94 valence electrons. The molecule has 2 nitrogen and oxygen atoms in total. The van der Waals surface area contributed by atoms with Crippen LogP contribution in [0.3, 0.4) is 0 Å². The standard InChI is InChI=1S/C15H23NO/c1-4-7-14-8-5-6-9-15(14)17-11-10-16-12-13(2)3/h4-6,8-9,13,16H,1,7,10-12H2,2-3H3. The van der Waals surface area contributed by atoms with Crippen LogP contribution in [0.1, 0.15) is 19.4 Å². The molecule has 0 saturated heterocycles. The Morgan fingerprint density at radius 2 is 2.12 bits per heavy atom. The Labute approximate surface area is 105 Å². The van der Waals surface area contributed by atoms with Gasteiger partial charge in [0.25, 0.3) is 0 Å². The van der Waals surface area contributed by atoms with Gasteiger partial charge in [0, 0.05) is 6.54 Å². The molecule has 0 radical (unpaired) electrons. The molecular formula is C15H23NO. The molecule has 1 aromatic rings. The highest BCUT2D eigenvalue weighted by Crippen LogP contribution is 2.18. The van der Waals surface area contributed by atoms with Crippen molar-refractivity contribution in [1.29, 1.82) is 0 Å². The largest absolute Gasteiger partial charge is 0.492 e. The Morgan fingerprint density at radius 1 is 1.35 bits per heavy atom. The number of para-hydroxylation sites is 1. The summed E-state index contributed by atoms with van der Waals surface area (Å²) in [5.41, 5.74) is 1.20. The van der Waals surface area contributed by atoms with Gasteiger partial charge < -0.3 is 10.1 Å². The molecule has 0 fully saturated rings. The maximum absolute atomic E-state index is 5.76. The fraction of sp³-hybridized carbons (Fsp3) is 0.467. The van der Waals surface area contributed by atoms with Crippen molar-refractivity contribution in [2.45, 2.75) is 20.3 Å². The third kappa shape index (κ3) is 5.55. The second-order valence-electron chi connectivity index (χ2n) is 4.55. The third-order valence-corrected chi connectivity index (χ3v) is 2.43. The Kier molecular flexibility index (Phi) is 6.41. The number of rotatable bonds is 8. The van der Waals surface area contributed by atoms with E-state index in [9.17, 15) is 0 Å². The van der Waals surface area contributed by atoms with E-state index < -0.39 is 0 Å². The number of benzene rings is 1. The molecule has 0 heterocycles. The summed E-state index contributed by atoms with van der Waals surface area (Å²) in [4.78, 5) is 0. The molecule has 17 heavy (non-hydrogen) atoms. The summed E-state index contributed by atoms with van der Waals surface area (Å²) >= 11 is 0. The molecule has 0 unspecified atom stereocenters. The molecule has 0 aliphatic rings. The van der Waals surface area contributed by atoms with Crippen LogP contribution in [-0.2, 0) is 6.42 Å². The topological polar surface area (TPSA) is 21.3 Å². The van der Waals surface area contributed by atoms with Crippen molar-refractivity contribution >= 4 is 0 Å². The molecule has 0 saturated carbocycles. The van der Waals surface area contributed by atoms with Crippen LogP contribution in [0.25, 0.3) is 0 Å². The van der Waals surface area contributed by atoms with Gasteiger partial charge in [-0.25, -0.2) is 0 Å². The first-order valence-electron chi connectivity index (χ1n) is 6.26. The Hall–Kier alpha value is -1.28. The summed E-state index contributed by atoms with van der Waals surface area (Å²) in [6, 6.07) is 8.13. The third-order valence-electron chi connectivity index (χ3n) is 2.43. The maximum Gasteiger partial charge on any atom is 0.122 e. The number of ether oxygens (including phenoxy) is 1. The molecule has 0 bridgehead atoms. The quantitative estimate of drug-likeness (QED) is 0.550. The molecule has 1 N–H and O–H groups in total. The average molecular weight is 233 g/mol. The Balaban J connectivity index is 2.33. The van der Waals surface area contributed by atoms with Crippen LogP contribution < -0.4 is 10.1 Å². The molecule has 1 rings (SSSR count). The zero-order valence-electron chi connectivity index (χ0n) is 10.9. The highest BCUT2D eigenvalue weighted by molar-refractivity contribution is 5.34. The van der Waals surface area contributed by atoms with E-state index in [2.05, 4.69) is 31.8 Å². The van der Waals surface area contributed by atoms with Crippen molar-refractivity contribution in [3.05, 3.63) is 42.5 Å². The maximum atomic E-state index is 5.76. The number of nitrogens with one attached hydrogen (secondary N) is 1. The van der Waals surface area contributed by atoms with Crippen molar-refractivity contribution in [3.63, 3.8) is 0 Å². The first-order valence-corrected chi connectivity index (χ1v) is 6.26. The van der Waals surface area contributed by atoms with Crippen molar-refractivity contribution in [1.82, 2.24) is 5.32 Å². The van der Waals surface area contributed by atoms with Crippen LogP contribution in [-0.4, -0.2) is 19.7 Å². The van der Waals surface area contributed by atoms with E-state index in [1.165, 1.54) is 5.56 Å². The van der Waals surface area contributed by atoms with Crippen LogP contribution >= 0.6 is 0 Å². The summed E-state index contributed by atoms with van der Waals surface area (Å²) in [6.45, 7) is 10.8. The minimum Gasteiger partial charge on any atom is -0.492 e. The predicted octanol–water partition coefficient (Wildman–Crippen LogP) is 3.04. The van der Waals surface area contributed by atoms with Gasteiger partial charge in [0.1, 0.15) is 12.4 Å². The molecule has 2 heteroatoms. The normalized spacial score (nSPS) is 10.5. The first-order chi connectivity index (χ1) is 8.24. The molecule has 1 aromatic carbocycles. The average Bonchev–Trinajstić information content (AvgIpc) is 2.31. The van der Waals surface area contributed by atoms with Crippen molar-refractivity contribution in [2.24, 2.45) is 5.92 Å². The fourth-order valence-corrected chi connectivity index (χ4v) is 1.59. The van der Waals surface area contributed by atoms with Crippen molar-refractivity contribution < 1.29 is 4.74 Å². The monoisotopic (exact) mass is 233 g/mol. The number of hydrogen-bond acceptors (Lipinski definition) is 2. The summed E-state index contributed by atoms with van der Waals surface area (Å²) < 4.78 is 5.76. The minimum absolute atomic E-state index is 0.683. The zero-order valence-corrected chi connectivity index (χ0v) is 10.9. The summed E-state index contributed by atoms with van der Waals surface area (Å²) in [7, 11) is 0. The van der Waals surface area contributed by atoms with Gasteiger partial charge in [-0.15, -0.1) is 6.58 Å². The number of allylic oxidation sites excluding steroid dienone is 1. The van der Waals surface area contributed by atoms with E-state index in [0.29, 0.717) is 12.5 Å². The molecule has 0 amide bonds. The lowest BCUT2D eigenvalue weighted by atomic mass is 10.1. The molecular weight excluding hydrogens is 210 g/mol. The molecule has 0 aliphatic carbocycles. The lowest BCUT2D eigenvalue weighted by molar-refractivity contribution is 0.308. The van der Waals surface area contributed by atoms with Gasteiger partial charge in [-0.1, -0.05) is 38.1 Å². The van der Waals surface area contributed by atoms with E-state index in [-0.39, 0.29) is 0 Å². The van der Waals surface area contributed by atoms with Gasteiger partial charge in [0.15, 0.2) is 0 Å². The zero-order chi connectivity index (χ0) is 12.5. The van der Waals surface area contributed by atoms with Gasteiger partial charge >= 0.3 is 0 Å². The van der Waals surface area contributed by atoms with E-state index in [0.717, 1.165) is 25.3 Å². The van der Waals surface area contributed by atoms with E-state index in [4.69, 9.17) is 4.74 Å². The molecule has 0 atom stereocenters. The van der Waals surface area contributed by atoms with Crippen molar-refractivity contribution in [3.8, 4) is 5.75 Å². The number of hydrogen-bond donors (Lipinski definition) is 1. The van der Waals surface area contributed by atoms with Crippen LogP contribution in [0.15, 0.2) is 36.9 Å². The lowest BCUT2D eigenvalue weighted by Gasteiger charge is -2.11. The van der Waals surface area contributed by atoms with Crippen LogP contribution in [0.2, 0.25) is 0 Å². The fourth-order valence-electron chi connectivity index (χ4n) is 1.59. The second kappa shape index (κ2) is 7.91. The smallest absolute Gasteiger partial charge is 0.122 e. The van der Waals surface area contributed by atoms with E-state index in [1.807, 2.05) is 24.3 Å². The minimum atomic E-state index is 0.683. The highest BCUT2D eigenvalue weighted by atomic mass is 16.5. The van der Waals surface area contributed by atoms with Crippen LogP contribution in [0, 0.1) is 5.92 Å². The Morgan fingerprint density at radius 3 is 2.82 bits per heavy atom. The molecule has 0 aliphatic heterocycles. The van der Waals surface area contributed by atoms with Crippen LogP contribution in [0.5, 0.6) is 5.75 Å². The van der Waals surface area contributed by atoms with Crippen molar-refractivity contribution in [2.75, 3.05) is 19.7 Å². The highest BCUT2D eigenvalue weighted by Gasteiger charge is 2.00. The first kappa shape index (κ1) is 13.8. The molecule has 0 aromatic heterocycles. The predicted molar refractivity (Wildman–Crippen MR) is 73.5 cm³/mol. The van der Waals surface area contributed by atoms with Gasteiger partial charge in [-0.3, -0.25) is 0 Å². The van der Waals surface area contributed by atoms with Gasteiger partial charge in [0.2, 0.25) is 0 Å². The lowest BCUT2D eigenvalue weighted by Crippen LogP contribution is -2.25. The van der Waals surface area contributed by atoms with Crippen LogP contribution in [0.4, 0.5) is 0 Å². The van der Waals surface area contributed by atoms with E-state index >= 15 is 0 Å². The second-order valence-corrected chi connectivity index (χ2v) is 4.55. The summed E-state index contributed by atoms with van der Waals surface area (Å²) in [5.74, 6) is 1.65. The summed E-state index contributed by atoms with van der Waals surface area (Å²) in [6.07, 6.45) is 2.76.